The minimum absolute atomic E-state index is 0.0505. The maximum Gasteiger partial charge on any atom is 0.308 e. The van der Waals surface area contributed by atoms with Gasteiger partial charge in [-0.2, -0.15) is 0 Å². The van der Waals surface area contributed by atoms with Gasteiger partial charge in [0.2, 0.25) is 0 Å². The molecule has 114 valence electrons. The lowest BCUT2D eigenvalue weighted by Crippen LogP contribution is -2.40. The van der Waals surface area contributed by atoms with Crippen LogP contribution in [0.4, 0.5) is 0 Å². The van der Waals surface area contributed by atoms with E-state index < -0.39 is 11.9 Å². The van der Waals surface area contributed by atoms with Crippen LogP contribution in [0.25, 0.3) is 0 Å². The van der Waals surface area contributed by atoms with E-state index in [2.05, 4.69) is 26.1 Å². The number of carbonyl (C=O) groups is 2. The molecule has 2 atom stereocenters. The van der Waals surface area contributed by atoms with Crippen molar-refractivity contribution in [1.82, 2.24) is 5.32 Å². The summed E-state index contributed by atoms with van der Waals surface area (Å²) in [6, 6.07) is 7.27. The second-order valence-electron chi connectivity index (χ2n) is 6.78. The second kappa shape index (κ2) is 5.88. The van der Waals surface area contributed by atoms with Crippen LogP contribution >= 0.6 is 0 Å². The monoisotopic (exact) mass is 289 g/mol. The van der Waals surface area contributed by atoms with Crippen molar-refractivity contribution in [2.75, 3.05) is 0 Å². The molecule has 1 aromatic carbocycles. The Hall–Kier alpha value is -1.84. The Morgan fingerprint density at radius 3 is 2.29 bits per heavy atom. The van der Waals surface area contributed by atoms with Gasteiger partial charge in [-0.25, -0.2) is 0 Å². The summed E-state index contributed by atoms with van der Waals surface area (Å²) in [4.78, 5) is 23.4. The van der Waals surface area contributed by atoms with Crippen LogP contribution in [0.1, 0.15) is 56.0 Å². The zero-order chi connectivity index (χ0) is 15.6. The van der Waals surface area contributed by atoms with Gasteiger partial charge >= 0.3 is 5.97 Å². The molecule has 1 fully saturated rings. The summed E-state index contributed by atoms with van der Waals surface area (Å²) in [7, 11) is 0. The molecule has 0 heterocycles. The van der Waals surface area contributed by atoms with E-state index in [0.717, 1.165) is 12.8 Å². The average molecular weight is 289 g/mol. The maximum atomic E-state index is 12.2. The first-order valence-electron chi connectivity index (χ1n) is 7.43. The molecule has 1 aliphatic carbocycles. The number of aliphatic carboxylic acids is 1. The quantitative estimate of drug-likeness (QED) is 0.899. The average Bonchev–Trinajstić information content (AvgIpc) is 2.86. The molecule has 1 aromatic rings. The van der Waals surface area contributed by atoms with Crippen molar-refractivity contribution >= 4 is 11.9 Å². The Labute approximate surface area is 125 Å². The van der Waals surface area contributed by atoms with Crippen LogP contribution in [0.5, 0.6) is 0 Å². The highest BCUT2D eigenvalue weighted by molar-refractivity contribution is 5.94. The number of carbonyl (C=O) groups excluding carboxylic acids is 1. The zero-order valence-corrected chi connectivity index (χ0v) is 12.8. The highest BCUT2D eigenvalue weighted by Gasteiger charge is 2.34. The van der Waals surface area contributed by atoms with Crippen LogP contribution in [-0.2, 0) is 10.2 Å². The van der Waals surface area contributed by atoms with Crippen molar-refractivity contribution in [1.29, 1.82) is 0 Å². The number of carboxylic acid groups (broad SMARTS) is 1. The summed E-state index contributed by atoms with van der Waals surface area (Å²) in [6.07, 6.45) is 2.23. The zero-order valence-electron chi connectivity index (χ0n) is 12.8. The van der Waals surface area contributed by atoms with E-state index in [0.29, 0.717) is 12.0 Å². The molecular weight excluding hydrogens is 266 g/mol. The molecule has 0 spiro atoms. The third-order valence-electron chi connectivity index (χ3n) is 4.16. The Bertz CT molecular complexity index is 528. The van der Waals surface area contributed by atoms with Crippen LogP contribution in [0.3, 0.4) is 0 Å². The number of rotatable bonds is 3. The lowest BCUT2D eigenvalue weighted by molar-refractivity contribution is -0.142. The van der Waals surface area contributed by atoms with E-state index in [-0.39, 0.29) is 17.4 Å². The molecule has 2 N–H and O–H groups in total. The Morgan fingerprint density at radius 1 is 1.14 bits per heavy atom. The third-order valence-corrected chi connectivity index (χ3v) is 4.16. The predicted octanol–water partition coefficient (Wildman–Crippen LogP) is 2.97. The number of carboxylic acids is 1. The molecule has 1 amide bonds. The lowest BCUT2D eigenvalue weighted by Gasteiger charge is -2.20. The van der Waals surface area contributed by atoms with Crippen LogP contribution in [0, 0.1) is 5.92 Å². The standard InChI is InChI=1S/C17H23NO3/c1-17(2,3)12-9-7-11(8-10-12)15(19)18-14-6-4-5-13(14)16(20)21/h7-10,13-14H,4-6H2,1-3H3,(H,18,19)(H,20,21). The molecule has 1 saturated carbocycles. The normalized spacial score (nSPS) is 22.0. The first-order valence-corrected chi connectivity index (χ1v) is 7.43. The van der Waals surface area contributed by atoms with Crippen molar-refractivity contribution in [3.8, 4) is 0 Å². The van der Waals surface area contributed by atoms with E-state index in [1.807, 2.05) is 12.1 Å². The molecular formula is C17H23NO3. The Balaban J connectivity index is 2.05. The highest BCUT2D eigenvalue weighted by Crippen LogP contribution is 2.26. The summed E-state index contributed by atoms with van der Waals surface area (Å²) < 4.78 is 0. The minimum atomic E-state index is -0.819. The fraction of sp³-hybridized carbons (Fsp3) is 0.529. The molecule has 0 bridgehead atoms. The van der Waals surface area contributed by atoms with Gasteiger partial charge in [0.25, 0.3) is 5.91 Å². The first-order chi connectivity index (χ1) is 9.79. The van der Waals surface area contributed by atoms with Crippen molar-refractivity contribution < 1.29 is 14.7 Å². The predicted molar refractivity (Wildman–Crippen MR) is 81.4 cm³/mol. The minimum Gasteiger partial charge on any atom is -0.481 e. The summed E-state index contributed by atoms with van der Waals surface area (Å²) >= 11 is 0. The van der Waals surface area contributed by atoms with Gasteiger partial charge in [0.15, 0.2) is 0 Å². The summed E-state index contributed by atoms with van der Waals surface area (Å²) in [6.45, 7) is 6.37. The van der Waals surface area contributed by atoms with Crippen LogP contribution in [0.15, 0.2) is 24.3 Å². The maximum absolute atomic E-state index is 12.2. The number of nitrogens with one attached hydrogen (secondary N) is 1. The number of hydrogen-bond donors (Lipinski definition) is 2. The third kappa shape index (κ3) is 3.63. The van der Waals surface area contributed by atoms with E-state index >= 15 is 0 Å². The van der Waals surface area contributed by atoms with Gasteiger partial charge in [-0.1, -0.05) is 39.3 Å². The molecule has 0 aromatic heterocycles. The largest absolute Gasteiger partial charge is 0.481 e. The smallest absolute Gasteiger partial charge is 0.308 e. The number of hydrogen-bond acceptors (Lipinski definition) is 2. The van der Waals surface area contributed by atoms with E-state index in [1.165, 1.54) is 5.56 Å². The van der Waals surface area contributed by atoms with Crippen LogP contribution in [0.2, 0.25) is 0 Å². The number of benzene rings is 1. The van der Waals surface area contributed by atoms with Gasteiger partial charge in [0, 0.05) is 11.6 Å². The van der Waals surface area contributed by atoms with E-state index in [1.54, 1.807) is 12.1 Å². The molecule has 0 saturated heterocycles. The summed E-state index contributed by atoms with van der Waals surface area (Å²) in [5.41, 5.74) is 1.80. The fourth-order valence-electron chi connectivity index (χ4n) is 2.80. The van der Waals surface area contributed by atoms with Gasteiger partial charge in [-0.3, -0.25) is 9.59 Å². The van der Waals surface area contributed by atoms with Gasteiger partial charge in [-0.15, -0.1) is 0 Å². The molecule has 1 aliphatic rings. The molecule has 0 radical (unpaired) electrons. The number of amides is 1. The second-order valence-corrected chi connectivity index (χ2v) is 6.78. The SMILES string of the molecule is CC(C)(C)c1ccc(C(=O)NC2CCCC2C(=O)O)cc1. The Morgan fingerprint density at radius 2 is 1.76 bits per heavy atom. The van der Waals surface area contributed by atoms with Gasteiger partial charge in [0.1, 0.15) is 0 Å². The first kappa shape index (κ1) is 15.5. The molecule has 4 nitrogen and oxygen atoms in total. The van der Waals surface area contributed by atoms with Gasteiger partial charge in [0.05, 0.1) is 5.92 Å². The highest BCUT2D eigenvalue weighted by atomic mass is 16.4. The molecule has 0 aliphatic heterocycles. The van der Waals surface area contributed by atoms with E-state index in [9.17, 15) is 9.59 Å². The summed E-state index contributed by atoms with van der Waals surface area (Å²) in [5, 5.41) is 12.0. The molecule has 4 heteroatoms. The van der Waals surface area contributed by atoms with Crippen LogP contribution in [-0.4, -0.2) is 23.0 Å². The Kier molecular flexibility index (Phi) is 4.35. The fourth-order valence-corrected chi connectivity index (χ4v) is 2.80. The van der Waals surface area contributed by atoms with Crippen molar-refractivity contribution in [2.45, 2.75) is 51.5 Å². The summed E-state index contributed by atoms with van der Waals surface area (Å²) in [5.74, 6) is -1.46. The van der Waals surface area contributed by atoms with Crippen molar-refractivity contribution in [3.05, 3.63) is 35.4 Å². The van der Waals surface area contributed by atoms with Crippen molar-refractivity contribution in [2.24, 2.45) is 5.92 Å². The van der Waals surface area contributed by atoms with E-state index in [4.69, 9.17) is 5.11 Å². The van der Waals surface area contributed by atoms with Crippen molar-refractivity contribution in [3.63, 3.8) is 0 Å². The topological polar surface area (TPSA) is 66.4 Å². The molecule has 21 heavy (non-hydrogen) atoms. The molecule has 2 unspecified atom stereocenters. The van der Waals surface area contributed by atoms with Crippen LogP contribution < -0.4 is 5.32 Å². The lowest BCUT2D eigenvalue weighted by atomic mass is 9.86. The molecule has 2 rings (SSSR count). The van der Waals surface area contributed by atoms with Gasteiger partial charge in [-0.05, 0) is 36.0 Å². The van der Waals surface area contributed by atoms with Gasteiger partial charge < -0.3 is 10.4 Å².